The zero-order valence-corrected chi connectivity index (χ0v) is 19.4. The van der Waals surface area contributed by atoms with E-state index in [4.69, 9.17) is 10.2 Å². The van der Waals surface area contributed by atoms with Gasteiger partial charge in [0.2, 0.25) is 11.8 Å². The zero-order valence-electron chi connectivity index (χ0n) is 19.4. The number of hydrogen-bond acceptors (Lipinski definition) is 6. The van der Waals surface area contributed by atoms with Crippen LogP contribution in [0.3, 0.4) is 0 Å². The van der Waals surface area contributed by atoms with E-state index < -0.39 is 24.5 Å². The Morgan fingerprint density at radius 3 is 1.72 bits per heavy atom. The summed E-state index contributed by atoms with van der Waals surface area (Å²) in [5, 5.41) is 20.0. The van der Waals surface area contributed by atoms with Gasteiger partial charge in [-0.05, 0) is 12.8 Å². The maximum atomic E-state index is 12.6. The van der Waals surface area contributed by atoms with E-state index in [1.807, 2.05) is 0 Å². The van der Waals surface area contributed by atoms with Crippen molar-refractivity contribution in [1.29, 1.82) is 0 Å². The van der Waals surface area contributed by atoms with E-state index in [9.17, 15) is 23.7 Å². The first-order valence-corrected chi connectivity index (χ1v) is 11.5. The first-order chi connectivity index (χ1) is 15.5. The molecule has 2 amide bonds. The maximum absolute atomic E-state index is 12.6. The van der Waals surface area contributed by atoms with Gasteiger partial charge >= 0.3 is 5.97 Å². The van der Waals surface area contributed by atoms with Crippen molar-refractivity contribution in [2.75, 3.05) is 20.2 Å². The van der Waals surface area contributed by atoms with E-state index in [2.05, 4.69) is 10.6 Å². The number of aldehydes is 1. The fraction of sp³-hybridized carbons (Fsp3) is 0.818. The number of halogens is 1. The molecule has 0 fully saturated rings. The SMILES string of the molecule is CO.O=CCCCCCCCCCCCCCCC(=O)NCC(NF)C(=O)NCC(=O)O. The van der Waals surface area contributed by atoms with E-state index in [0.717, 1.165) is 51.9 Å². The molecule has 32 heavy (non-hydrogen) atoms. The molecule has 1 atom stereocenters. The molecule has 5 N–H and O–H groups in total. The van der Waals surface area contributed by atoms with Gasteiger partial charge in [-0.3, -0.25) is 14.4 Å². The number of hydrogen-bond donors (Lipinski definition) is 5. The van der Waals surface area contributed by atoms with E-state index in [-0.39, 0.29) is 12.5 Å². The summed E-state index contributed by atoms with van der Waals surface area (Å²) >= 11 is 0. The number of carboxylic acids is 1. The summed E-state index contributed by atoms with van der Waals surface area (Å²) in [6.45, 7) is -0.842. The van der Waals surface area contributed by atoms with E-state index >= 15 is 0 Å². The lowest BCUT2D eigenvalue weighted by Gasteiger charge is -2.14. The standard InChI is InChI=1S/C21H38FN3O5.CH4O/c22-25-18(21(30)24-17-20(28)29)16-23-19(27)14-12-10-8-6-4-2-1-3-5-7-9-11-13-15-26;1-2/h15,18,25H,1-14,16-17H2,(H,23,27)(H,24,30)(H,28,29);2H,1H3. The van der Waals surface area contributed by atoms with Crippen molar-refractivity contribution in [1.82, 2.24) is 16.2 Å². The number of rotatable bonds is 21. The molecule has 1 unspecified atom stereocenters. The molecule has 0 aliphatic rings. The smallest absolute Gasteiger partial charge is 0.322 e. The highest BCUT2D eigenvalue weighted by Gasteiger charge is 2.19. The summed E-state index contributed by atoms with van der Waals surface area (Å²) in [6, 6.07) is -1.32. The van der Waals surface area contributed by atoms with Crippen LogP contribution >= 0.6 is 0 Å². The van der Waals surface area contributed by atoms with Crippen molar-refractivity contribution in [2.24, 2.45) is 0 Å². The van der Waals surface area contributed by atoms with Crippen molar-refractivity contribution in [3.63, 3.8) is 0 Å². The molecule has 0 spiro atoms. The molecule has 0 heterocycles. The second-order valence-electron chi connectivity index (χ2n) is 7.53. The Balaban J connectivity index is 0. The highest BCUT2D eigenvalue weighted by atomic mass is 19.2. The molecular weight excluding hydrogens is 421 g/mol. The Kier molecular flexibility index (Phi) is 25.3. The predicted octanol–water partition coefficient (Wildman–Crippen LogP) is 2.41. The molecule has 10 heteroatoms. The number of carbonyl (C=O) groups excluding carboxylic acids is 3. The van der Waals surface area contributed by atoms with Crippen LogP contribution in [0.15, 0.2) is 0 Å². The number of unbranched alkanes of at least 4 members (excludes halogenated alkanes) is 12. The van der Waals surface area contributed by atoms with Crippen LogP contribution in [0.1, 0.15) is 89.9 Å². The zero-order chi connectivity index (χ0) is 24.5. The molecule has 188 valence electrons. The van der Waals surface area contributed by atoms with Gasteiger partial charge in [-0.25, -0.2) is 0 Å². The molecule has 0 aromatic carbocycles. The third-order valence-electron chi connectivity index (χ3n) is 4.84. The minimum Gasteiger partial charge on any atom is -0.480 e. The van der Waals surface area contributed by atoms with Crippen LogP contribution in [-0.4, -0.2) is 60.5 Å². The van der Waals surface area contributed by atoms with Crippen LogP contribution < -0.4 is 16.2 Å². The molecule has 0 saturated carbocycles. The van der Waals surface area contributed by atoms with Crippen molar-refractivity contribution < 1.29 is 33.9 Å². The molecule has 0 aliphatic heterocycles. The quantitative estimate of drug-likeness (QED) is 0.0998. The minimum atomic E-state index is -1.32. The van der Waals surface area contributed by atoms with Crippen molar-refractivity contribution in [3.05, 3.63) is 0 Å². The highest BCUT2D eigenvalue weighted by Crippen LogP contribution is 2.12. The van der Waals surface area contributed by atoms with Crippen molar-refractivity contribution in [2.45, 2.75) is 95.9 Å². The Morgan fingerprint density at radius 2 is 1.28 bits per heavy atom. The summed E-state index contributed by atoms with van der Waals surface area (Å²) in [4.78, 5) is 43.9. The third-order valence-corrected chi connectivity index (χ3v) is 4.84. The second kappa shape index (κ2) is 25.2. The van der Waals surface area contributed by atoms with Crippen LogP contribution in [0.2, 0.25) is 0 Å². The predicted molar refractivity (Wildman–Crippen MR) is 121 cm³/mol. The molecule has 0 aromatic rings. The average Bonchev–Trinajstić information content (AvgIpc) is 2.79. The lowest BCUT2D eigenvalue weighted by molar-refractivity contribution is -0.138. The van der Waals surface area contributed by atoms with Crippen LogP contribution in [0, 0.1) is 0 Å². The van der Waals surface area contributed by atoms with Crippen LogP contribution in [0.25, 0.3) is 0 Å². The minimum absolute atomic E-state index is 0.238. The van der Waals surface area contributed by atoms with Gasteiger partial charge in [0.25, 0.3) is 0 Å². The molecule has 9 nitrogen and oxygen atoms in total. The van der Waals surface area contributed by atoms with E-state index in [0.29, 0.717) is 12.8 Å². The topological polar surface area (TPSA) is 145 Å². The third kappa shape index (κ3) is 22.6. The van der Waals surface area contributed by atoms with E-state index in [1.165, 1.54) is 44.1 Å². The van der Waals surface area contributed by atoms with Gasteiger partial charge in [0.15, 0.2) is 0 Å². The highest BCUT2D eigenvalue weighted by molar-refractivity contribution is 5.86. The molecule has 0 aliphatic carbocycles. The monoisotopic (exact) mass is 463 g/mol. The summed E-state index contributed by atoms with van der Waals surface area (Å²) < 4.78 is 12.6. The lowest BCUT2D eigenvalue weighted by Crippen LogP contribution is -2.49. The maximum Gasteiger partial charge on any atom is 0.322 e. The largest absolute Gasteiger partial charge is 0.480 e. The van der Waals surface area contributed by atoms with E-state index in [1.54, 1.807) is 0 Å². The fourth-order valence-corrected chi connectivity index (χ4v) is 3.05. The van der Waals surface area contributed by atoms with Crippen LogP contribution in [-0.2, 0) is 19.2 Å². The molecular formula is C22H42FN3O6. The fourth-order valence-electron chi connectivity index (χ4n) is 3.05. The molecule has 0 rings (SSSR count). The number of aliphatic hydroxyl groups is 1. The summed E-state index contributed by atoms with van der Waals surface area (Å²) in [7, 11) is 1.00. The van der Waals surface area contributed by atoms with Gasteiger partial charge in [-0.1, -0.05) is 64.2 Å². The van der Waals surface area contributed by atoms with Gasteiger partial charge < -0.3 is 25.6 Å². The van der Waals surface area contributed by atoms with Crippen LogP contribution in [0.5, 0.6) is 0 Å². The normalized spacial score (nSPS) is 11.1. The number of nitrogens with one attached hydrogen (secondary N) is 3. The Labute approximate surface area is 190 Å². The number of aliphatic hydroxyl groups excluding tert-OH is 1. The summed E-state index contributed by atoms with van der Waals surface area (Å²) in [5.41, 5.74) is 1.27. The van der Waals surface area contributed by atoms with Gasteiger partial charge in [-0.2, -0.15) is 0 Å². The Morgan fingerprint density at radius 1 is 0.812 bits per heavy atom. The summed E-state index contributed by atoms with van der Waals surface area (Å²) in [6.07, 6.45) is 15.5. The van der Waals surface area contributed by atoms with Gasteiger partial charge in [0.1, 0.15) is 18.9 Å². The Hall–Kier alpha value is -2.07. The Bertz CT molecular complexity index is 494. The number of carbonyl (C=O) groups is 4. The molecule has 0 radical (unpaired) electrons. The number of aliphatic carboxylic acids is 1. The van der Waals surface area contributed by atoms with Gasteiger partial charge in [0.05, 0.1) is 0 Å². The van der Waals surface area contributed by atoms with Gasteiger partial charge in [0, 0.05) is 26.5 Å². The van der Waals surface area contributed by atoms with Crippen LogP contribution in [0.4, 0.5) is 4.48 Å². The average molecular weight is 464 g/mol. The summed E-state index contributed by atoms with van der Waals surface area (Å²) in [5.74, 6) is -2.31. The second-order valence-corrected chi connectivity index (χ2v) is 7.53. The lowest BCUT2D eigenvalue weighted by atomic mass is 10.0. The first kappa shape index (κ1) is 32.1. The van der Waals surface area contributed by atoms with Crippen molar-refractivity contribution in [3.8, 4) is 0 Å². The first-order valence-electron chi connectivity index (χ1n) is 11.5. The number of carboxylic acid groups (broad SMARTS) is 1. The molecule has 0 bridgehead atoms. The van der Waals surface area contributed by atoms with Crippen molar-refractivity contribution >= 4 is 24.1 Å². The molecule has 0 aromatic heterocycles. The molecule has 0 saturated heterocycles. The van der Waals surface area contributed by atoms with Gasteiger partial charge in [-0.15, -0.1) is 10.0 Å². The number of amides is 2.